The number of benzene rings is 1. The Hall–Kier alpha value is -1.59. The van der Waals surface area contributed by atoms with Crippen LogP contribution in [-0.2, 0) is 4.79 Å². The van der Waals surface area contributed by atoms with Crippen LogP contribution in [0.2, 0.25) is 5.02 Å². The van der Waals surface area contributed by atoms with Crippen molar-refractivity contribution in [3.8, 4) is 0 Å². The van der Waals surface area contributed by atoms with E-state index in [-0.39, 0.29) is 18.9 Å². The Morgan fingerprint density at radius 1 is 1.33 bits per heavy atom. The second kappa shape index (κ2) is 7.53. The molecule has 1 amide bonds. The van der Waals surface area contributed by atoms with E-state index in [0.29, 0.717) is 35.9 Å². The average Bonchev–Trinajstić information content (AvgIpc) is 2.54. The molecular weight excluding hydrogens is 330 g/mol. The van der Waals surface area contributed by atoms with Gasteiger partial charge in [0.25, 0.3) is 5.91 Å². The number of aliphatic hydroxyl groups is 1. The number of carbonyl (C=O) groups excluding carboxylic acids is 1. The molecule has 6 heteroatoms. The number of hydrogen-bond acceptors (Lipinski definition) is 3. The third kappa shape index (κ3) is 3.90. The zero-order valence-corrected chi connectivity index (χ0v) is 14.8. The summed E-state index contributed by atoms with van der Waals surface area (Å²) in [5, 5.41) is 20.7. The van der Waals surface area contributed by atoms with Gasteiger partial charge in [-0.25, -0.2) is 0 Å². The SMILES string of the molecule is CC(C)CC[C@@]1(C(=O)O)CN(C(=O)c2ccc(Cl)cc2)CC[C@H]1O. The normalized spacial score (nSPS) is 24.2. The van der Waals surface area contributed by atoms with Crippen LogP contribution < -0.4 is 0 Å². The van der Waals surface area contributed by atoms with Crippen molar-refractivity contribution in [3.05, 3.63) is 34.9 Å². The van der Waals surface area contributed by atoms with Crippen molar-refractivity contribution in [3.63, 3.8) is 0 Å². The summed E-state index contributed by atoms with van der Waals surface area (Å²) in [6.45, 7) is 4.40. The minimum absolute atomic E-state index is 0.0255. The zero-order valence-electron chi connectivity index (χ0n) is 14.0. The van der Waals surface area contributed by atoms with Gasteiger partial charge in [-0.1, -0.05) is 25.4 Å². The molecule has 1 fully saturated rings. The maximum absolute atomic E-state index is 12.7. The van der Waals surface area contributed by atoms with Crippen LogP contribution in [0, 0.1) is 11.3 Å². The Bertz CT molecular complexity index is 602. The van der Waals surface area contributed by atoms with E-state index in [1.807, 2.05) is 13.8 Å². The fourth-order valence-corrected chi connectivity index (χ4v) is 3.26. The second-order valence-corrected chi connectivity index (χ2v) is 7.37. The molecule has 0 aliphatic carbocycles. The van der Waals surface area contributed by atoms with Crippen molar-refractivity contribution < 1.29 is 19.8 Å². The number of amides is 1. The van der Waals surface area contributed by atoms with Crippen molar-refractivity contribution in [2.24, 2.45) is 11.3 Å². The van der Waals surface area contributed by atoms with Crippen LogP contribution in [-0.4, -0.2) is 46.2 Å². The Morgan fingerprint density at radius 2 is 1.96 bits per heavy atom. The zero-order chi connectivity index (χ0) is 17.9. The van der Waals surface area contributed by atoms with E-state index < -0.39 is 17.5 Å². The number of aliphatic carboxylic acids is 1. The van der Waals surface area contributed by atoms with Gasteiger partial charge >= 0.3 is 5.97 Å². The predicted octanol–water partition coefficient (Wildman–Crippen LogP) is 3.05. The van der Waals surface area contributed by atoms with Gasteiger partial charge in [-0.3, -0.25) is 9.59 Å². The fraction of sp³-hybridized carbons (Fsp3) is 0.556. The maximum Gasteiger partial charge on any atom is 0.314 e. The summed E-state index contributed by atoms with van der Waals surface area (Å²) in [7, 11) is 0. The van der Waals surface area contributed by atoms with Crippen LogP contribution in [0.1, 0.15) is 43.5 Å². The van der Waals surface area contributed by atoms with E-state index in [1.165, 1.54) is 4.90 Å². The molecule has 1 saturated heterocycles. The van der Waals surface area contributed by atoms with E-state index >= 15 is 0 Å². The van der Waals surface area contributed by atoms with Crippen LogP contribution >= 0.6 is 11.6 Å². The number of halogens is 1. The van der Waals surface area contributed by atoms with E-state index in [4.69, 9.17) is 11.6 Å². The smallest absolute Gasteiger partial charge is 0.314 e. The van der Waals surface area contributed by atoms with Gasteiger partial charge in [0.2, 0.25) is 0 Å². The van der Waals surface area contributed by atoms with Gasteiger partial charge in [0, 0.05) is 23.7 Å². The monoisotopic (exact) mass is 353 g/mol. The number of nitrogens with zero attached hydrogens (tertiary/aromatic N) is 1. The van der Waals surface area contributed by atoms with Crippen LogP contribution in [0.3, 0.4) is 0 Å². The van der Waals surface area contributed by atoms with Crippen molar-refractivity contribution in [1.29, 1.82) is 0 Å². The molecular formula is C18H24ClNO4. The molecule has 0 bridgehead atoms. The highest BCUT2D eigenvalue weighted by Crippen LogP contribution is 2.37. The minimum Gasteiger partial charge on any atom is -0.481 e. The van der Waals surface area contributed by atoms with E-state index in [0.717, 1.165) is 0 Å². The van der Waals surface area contributed by atoms with Crippen molar-refractivity contribution >= 4 is 23.5 Å². The topological polar surface area (TPSA) is 77.8 Å². The van der Waals surface area contributed by atoms with Gasteiger partial charge in [-0.2, -0.15) is 0 Å². The maximum atomic E-state index is 12.7. The van der Waals surface area contributed by atoms with Gasteiger partial charge < -0.3 is 15.1 Å². The largest absolute Gasteiger partial charge is 0.481 e. The predicted molar refractivity (Wildman–Crippen MR) is 92.1 cm³/mol. The lowest BCUT2D eigenvalue weighted by Gasteiger charge is -2.43. The van der Waals surface area contributed by atoms with Crippen molar-refractivity contribution in [2.45, 2.75) is 39.2 Å². The first-order valence-corrected chi connectivity index (χ1v) is 8.60. The molecule has 2 rings (SSSR count). The molecule has 132 valence electrons. The van der Waals surface area contributed by atoms with Gasteiger partial charge in [0.05, 0.1) is 6.10 Å². The molecule has 24 heavy (non-hydrogen) atoms. The third-order valence-electron chi connectivity index (χ3n) is 4.76. The minimum atomic E-state index is -1.30. The van der Waals surface area contributed by atoms with Crippen LogP contribution in [0.25, 0.3) is 0 Å². The number of piperidine rings is 1. The molecule has 2 atom stereocenters. The molecule has 1 aromatic rings. The van der Waals surface area contributed by atoms with Crippen LogP contribution in [0.4, 0.5) is 0 Å². The quantitative estimate of drug-likeness (QED) is 0.852. The van der Waals surface area contributed by atoms with Crippen molar-refractivity contribution in [2.75, 3.05) is 13.1 Å². The number of rotatable bonds is 5. The summed E-state index contributed by atoms with van der Waals surface area (Å²) < 4.78 is 0. The molecule has 0 aromatic heterocycles. The Kier molecular flexibility index (Phi) is 5.88. The number of carboxylic acids is 1. The summed E-state index contributed by atoms with van der Waals surface area (Å²) in [6, 6.07) is 6.53. The fourth-order valence-electron chi connectivity index (χ4n) is 3.14. The van der Waals surface area contributed by atoms with Gasteiger partial charge in [0.1, 0.15) is 5.41 Å². The van der Waals surface area contributed by atoms with E-state index in [1.54, 1.807) is 24.3 Å². The van der Waals surface area contributed by atoms with Gasteiger partial charge in [-0.15, -0.1) is 0 Å². The molecule has 0 unspecified atom stereocenters. The molecule has 1 aliphatic heterocycles. The van der Waals surface area contributed by atoms with Crippen LogP contribution in [0.15, 0.2) is 24.3 Å². The van der Waals surface area contributed by atoms with Crippen molar-refractivity contribution in [1.82, 2.24) is 4.90 Å². The molecule has 1 aromatic carbocycles. The Balaban J connectivity index is 2.22. The summed E-state index contributed by atoms with van der Waals surface area (Å²) in [5.74, 6) is -0.936. The second-order valence-electron chi connectivity index (χ2n) is 6.93. The summed E-state index contributed by atoms with van der Waals surface area (Å²) >= 11 is 5.84. The summed E-state index contributed by atoms with van der Waals surface area (Å²) in [5.41, 5.74) is -0.830. The molecule has 2 N–H and O–H groups in total. The highest BCUT2D eigenvalue weighted by Gasteiger charge is 2.49. The molecule has 0 spiro atoms. The number of carbonyl (C=O) groups is 2. The first-order chi connectivity index (χ1) is 11.3. The lowest BCUT2D eigenvalue weighted by Crippen LogP contribution is -2.57. The first-order valence-electron chi connectivity index (χ1n) is 8.22. The number of aliphatic hydroxyl groups excluding tert-OH is 1. The van der Waals surface area contributed by atoms with Gasteiger partial charge in [0.15, 0.2) is 0 Å². The number of hydrogen-bond donors (Lipinski definition) is 2. The molecule has 5 nitrogen and oxygen atoms in total. The molecule has 0 radical (unpaired) electrons. The highest BCUT2D eigenvalue weighted by atomic mass is 35.5. The summed E-state index contributed by atoms with van der Waals surface area (Å²) in [4.78, 5) is 26.1. The molecule has 1 heterocycles. The third-order valence-corrected chi connectivity index (χ3v) is 5.01. The molecule has 0 saturated carbocycles. The molecule has 1 aliphatic rings. The van der Waals surface area contributed by atoms with E-state index in [9.17, 15) is 19.8 Å². The van der Waals surface area contributed by atoms with E-state index in [2.05, 4.69) is 0 Å². The lowest BCUT2D eigenvalue weighted by molar-refractivity contribution is -0.163. The van der Waals surface area contributed by atoms with Gasteiger partial charge in [-0.05, 0) is 49.4 Å². The number of likely N-dealkylation sites (tertiary alicyclic amines) is 1. The average molecular weight is 354 g/mol. The summed E-state index contributed by atoms with van der Waals surface area (Å²) in [6.07, 6.45) is 0.366. The van der Waals surface area contributed by atoms with Crippen LogP contribution in [0.5, 0.6) is 0 Å². The standard InChI is InChI=1S/C18H24ClNO4/c1-12(2)7-9-18(17(23)24)11-20(10-8-15(18)21)16(22)13-3-5-14(19)6-4-13/h3-6,12,15,21H,7-11H2,1-2H3,(H,23,24)/t15-,18-/m1/s1. The Labute approximate surface area is 147 Å². The Morgan fingerprint density at radius 3 is 2.50 bits per heavy atom. The highest BCUT2D eigenvalue weighted by molar-refractivity contribution is 6.30. The number of carboxylic acid groups (broad SMARTS) is 1. The lowest BCUT2D eigenvalue weighted by atomic mass is 9.72. The first kappa shape index (κ1) is 18.7.